The molecule has 0 saturated heterocycles. The van der Waals surface area contributed by atoms with E-state index in [-0.39, 0.29) is 29.8 Å². The number of benzene rings is 3. The zero-order chi connectivity index (χ0) is 23.7. The molecule has 1 aromatic heterocycles. The summed E-state index contributed by atoms with van der Waals surface area (Å²) < 4.78 is 0.907. The van der Waals surface area contributed by atoms with Crippen molar-refractivity contribution in [3.8, 4) is 11.1 Å². The summed E-state index contributed by atoms with van der Waals surface area (Å²) in [4.78, 5) is 29.4. The number of hydrogen-bond donors (Lipinski definition) is 1. The molecule has 1 aliphatic rings. The Kier molecular flexibility index (Phi) is 6.35. The van der Waals surface area contributed by atoms with Gasteiger partial charge in [0.05, 0.1) is 17.3 Å². The predicted molar refractivity (Wildman–Crippen MR) is 140 cm³/mol. The van der Waals surface area contributed by atoms with Crippen molar-refractivity contribution in [3.05, 3.63) is 105 Å². The Morgan fingerprint density at radius 3 is 2.44 bits per heavy atom. The van der Waals surface area contributed by atoms with Gasteiger partial charge in [-0.3, -0.25) is 9.59 Å². The van der Waals surface area contributed by atoms with Gasteiger partial charge < -0.3 is 4.98 Å². The minimum Gasteiger partial charge on any atom is -0.321 e. The summed E-state index contributed by atoms with van der Waals surface area (Å²) >= 11 is 9.44. The minimum absolute atomic E-state index is 0.167. The fourth-order valence-corrected chi connectivity index (χ4v) is 4.99. The average Bonchev–Trinajstić information content (AvgIpc) is 3.30. The van der Waals surface area contributed by atoms with E-state index < -0.39 is 0 Å². The van der Waals surface area contributed by atoms with Crippen LogP contribution in [-0.4, -0.2) is 27.5 Å². The molecule has 5 rings (SSSR count). The lowest BCUT2D eigenvalue weighted by molar-refractivity contribution is -0.132. The number of fused-ring (bicyclic) bond motifs is 1. The summed E-state index contributed by atoms with van der Waals surface area (Å²) in [7, 11) is 0. The number of carbonyl (C=O) groups excluding carboxylic acids is 1. The second kappa shape index (κ2) is 9.57. The summed E-state index contributed by atoms with van der Waals surface area (Å²) in [5.74, 6) is 0.0433. The zero-order valence-electron chi connectivity index (χ0n) is 18.2. The van der Waals surface area contributed by atoms with Gasteiger partial charge in [-0.05, 0) is 29.3 Å². The first kappa shape index (κ1) is 22.6. The van der Waals surface area contributed by atoms with E-state index in [1.165, 1.54) is 5.01 Å². The second-order valence-electron chi connectivity index (χ2n) is 8.11. The number of alkyl halides is 1. The molecule has 34 heavy (non-hydrogen) atoms. The molecule has 0 aliphatic carbocycles. The van der Waals surface area contributed by atoms with Crippen molar-refractivity contribution in [2.45, 2.75) is 18.9 Å². The van der Waals surface area contributed by atoms with Crippen LogP contribution in [0.1, 0.15) is 30.0 Å². The quantitative estimate of drug-likeness (QED) is 0.307. The topological polar surface area (TPSA) is 65.5 Å². The first-order chi connectivity index (χ1) is 16.6. The highest BCUT2D eigenvalue weighted by Crippen LogP contribution is 2.37. The summed E-state index contributed by atoms with van der Waals surface area (Å²) in [5, 5.41) is 7.12. The number of aromatic nitrogens is 1. The van der Waals surface area contributed by atoms with Gasteiger partial charge in [-0.25, -0.2) is 5.01 Å². The number of nitrogens with zero attached hydrogens (tertiary/aromatic N) is 2. The summed E-state index contributed by atoms with van der Waals surface area (Å²) in [6.45, 7) is 0. The van der Waals surface area contributed by atoms with Gasteiger partial charge in [0.25, 0.3) is 5.56 Å². The van der Waals surface area contributed by atoms with Gasteiger partial charge in [-0.15, -0.1) is 11.6 Å². The number of halogens is 2. The van der Waals surface area contributed by atoms with Crippen molar-refractivity contribution in [1.82, 2.24) is 9.99 Å². The number of nitrogens with one attached hydrogen (secondary N) is 1. The Morgan fingerprint density at radius 2 is 1.74 bits per heavy atom. The molecule has 0 saturated carbocycles. The highest BCUT2D eigenvalue weighted by atomic mass is 79.9. The molecule has 3 aromatic carbocycles. The number of rotatable bonds is 5. The van der Waals surface area contributed by atoms with Crippen molar-refractivity contribution in [2.75, 3.05) is 5.88 Å². The average molecular weight is 535 g/mol. The molecule has 2 heterocycles. The largest absolute Gasteiger partial charge is 0.321 e. The molecule has 0 spiro atoms. The van der Waals surface area contributed by atoms with Crippen LogP contribution in [0.3, 0.4) is 0 Å². The third-order valence-electron chi connectivity index (χ3n) is 5.99. The Balaban J connectivity index is 1.74. The van der Waals surface area contributed by atoms with Crippen molar-refractivity contribution in [1.29, 1.82) is 0 Å². The molecule has 7 heteroatoms. The summed E-state index contributed by atoms with van der Waals surface area (Å²) in [6, 6.07) is 25.1. The van der Waals surface area contributed by atoms with Crippen LogP contribution in [0.4, 0.5) is 0 Å². The first-order valence-corrected chi connectivity index (χ1v) is 12.3. The van der Waals surface area contributed by atoms with E-state index in [0.717, 1.165) is 32.1 Å². The normalized spacial score (nSPS) is 15.5. The number of hydrogen-bond acceptors (Lipinski definition) is 3. The minimum atomic E-state index is -0.298. The van der Waals surface area contributed by atoms with Crippen LogP contribution in [0.5, 0.6) is 0 Å². The number of carbonyl (C=O) groups is 1. The van der Waals surface area contributed by atoms with Gasteiger partial charge in [0.1, 0.15) is 0 Å². The van der Waals surface area contributed by atoms with Crippen LogP contribution in [0, 0.1) is 0 Å². The molecular weight excluding hydrogens is 514 g/mol. The molecule has 0 radical (unpaired) electrons. The lowest BCUT2D eigenvalue weighted by atomic mass is 9.91. The molecule has 1 atom stereocenters. The van der Waals surface area contributed by atoms with Gasteiger partial charge in [-0.2, -0.15) is 5.10 Å². The number of pyridine rings is 1. The van der Waals surface area contributed by atoms with E-state index in [1.807, 2.05) is 78.9 Å². The van der Waals surface area contributed by atoms with Crippen LogP contribution >= 0.6 is 27.5 Å². The number of hydrazone groups is 1. The van der Waals surface area contributed by atoms with Crippen molar-refractivity contribution >= 4 is 50.1 Å². The smallest absolute Gasteiger partial charge is 0.258 e. The van der Waals surface area contributed by atoms with Crippen LogP contribution < -0.4 is 5.56 Å². The molecule has 0 unspecified atom stereocenters. The Morgan fingerprint density at radius 1 is 1.03 bits per heavy atom. The van der Waals surface area contributed by atoms with Crippen LogP contribution in [0.25, 0.3) is 22.0 Å². The maximum atomic E-state index is 13.5. The number of aromatic amines is 1. The van der Waals surface area contributed by atoms with E-state index in [0.29, 0.717) is 17.7 Å². The van der Waals surface area contributed by atoms with E-state index in [1.54, 1.807) is 0 Å². The molecule has 1 N–H and O–H groups in total. The van der Waals surface area contributed by atoms with E-state index >= 15 is 0 Å². The lowest BCUT2D eigenvalue weighted by Crippen LogP contribution is -2.27. The Bertz CT molecular complexity index is 1450. The number of amides is 1. The summed E-state index contributed by atoms with van der Waals surface area (Å²) in [6.07, 6.45) is 0.606. The van der Waals surface area contributed by atoms with Crippen molar-refractivity contribution < 1.29 is 4.79 Å². The Hall–Kier alpha value is -3.22. The predicted octanol–water partition coefficient (Wildman–Crippen LogP) is 6.26. The third-order valence-corrected chi connectivity index (χ3v) is 6.67. The van der Waals surface area contributed by atoms with Gasteiger partial charge in [0.2, 0.25) is 5.91 Å². The van der Waals surface area contributed by atoms with Crippen LogP contribution in [-0.2, 0) is 4.79 Å². The van der Waals surface area contributed by atoms with Crippen LogP contribution in [0.2, 0.25) is 0 Å². The molecule has 170 valence electrons. The molecule has 1 amide bonds. The highest BCUT2D eigenvalue weighted by molar-refractivity contribution is 9.10. The van der Waals surface area contributed by atoms with Gasteiger partial charge in [-0.1, -0.05) is 76.6 Å². The van der Waals surface area contributed by atoms with E-state index in [2.05, 4.69) is 20.9 Å². The molecule has 0 fully saturated rings. The van der Waals surface area contributed by atoms with E-state index in [9.17, 15) is 9.59 Å². The third kappa shape index (κ3) is 4.19. The molecule has 1 aliphatic heterocycles. The van der Waals surface area contributed by atoms with Gasteiger partial charge in [0.15, 0.2) is 0 Å². The first-order valence-electron chi connectivity index (χ1n) is 11.0. The maximum Gasteiger partial charge on any atom is 0.258 e. The second-order valence-corrected chi connectivity index (χ2v) is 9.41. The SMILES string of the molecule is O=C(CCCl)N1N=C(c2c(-c3ccccc3)c3cc(Br)ccc3[nH]c2=O)C[C@H]1c1ccccc1. The van der Waals surface area contributed by atoms with Crippen molar-refractivity contribution in [3.63, 3.8) is 0 Å². The molecule has 4 aromatic rings. The van der Waals surface area contributed by atoms with Crippen molar-refractivity contribution in [2.24, 2.45) is 5.10 Å². The summed E-state index contributed by atoms with van der Waals surface area (Å²) in [5.41, 5.74) is 4.26. The van der Waals surface area contributed by atoms with Gasteiger partial charge in [0, 0.05) is 39.7 Å². The molecule has 0 bridgehead atoms. The standard InChI is InChI=1S/C27H21BrClN3O2/c28-19-11-12-21-20(15-19)25(18-9-5-2-6-10-18)26(27(34)30-21)22-16-23(17-7-3-1-4-8-17)32(31-22)24(33)13-14-29/h1-12,15,23H,13-14,16H2,(H,30,34)/t23-/m0/s1. The monoisotopic (exact) mass is 533 g/mol. The molecular formula is C27H21BrClN3O2. The fraction of sp³-hybridized carbons (Fsp3) is 0.148. The Labute approximate surface area is 210 Å². The maximum absolute atomic E-state index is 13.5. The van der Waals surface area contributed by atoms with Gasteiger partial charge >= 0.3 is 0 Å². The lowest BCUT2D eigenvalue weighted by Gasteiger charge is -2.21. The molecule has 5 nitrogen and oxygen atoms in total. The number of H-pyrrole nitrogens is 1. The highest BCUT2D eigenvalue weighted by Gasteiger charge is 2.35. The van der Waals surface area contributed by atoms with Crippen LogP contribution in [0.15, 0.2) is 93.2 Å². The van der Waals surface area contributed by atoms with E-state index in [4.69, 9.17) is 16.7 Å². The fourth-order valence-electron chi connectivity index (χ4n) is 4.47. The zero-order valence-corrected chi connectivity index (χ0v) is 20.5.